The molecule has 0 rings (SSSR count). The molecule has 0 aromatic heterocycles. The minimum atomic E-state index is -4.95. The Labute approximate surface area is 568 Å². The van der Waals surface area contributed by atoms with Crippen molar-refractivity contribution in [3.8, 4) is 0 Å². The second-order valence-corrected chi connectivity index (χ2v) is 29.6. The maximum atomic E-state index is 13.1. The number of phosphoric ester groups is 2. The molecule has 552 valence electrons. The number of carbonyl (C=O) groups is 4. The van der Waals surface area contributed by atoms with Crippen LogP contribution in [-0.4, -0.2) is 96.7 Å². The minimum Gasteiger partial charge on any atom is -0.462 e. The standard InChI is InChI=1S/C74H144O17P2/c1-5-9-13-17-21-25-29-31-33-35-37-41-45-49-53-57-61-74(79)91-70(65-85-72(77)59-55-51-47-43-40-36-34-32-30-26-22-18-14-10-6-2)67-89-93(82,83)87-63-68(75)62-86-92(80,81)88-66-69(90-73(78)60-56-52-48-44-39-28-24-20-16-12-8-4)64-84-71(76)58-54-50-46-42-38-27-23-19-15-11-7-3/h68-70,75H,5-67H2,1-4H3,(H,80,81)(H,82,83)/t68-,69+,70+/m0/s1. The Hall–Kier alpha value is -1.94. The summed E-state index contributed by atoms with van der Waals surface area (Å²) >= 11 is 0. The normalized spacial score (nSPS) is 13.9. The fourth-order valence-corrected chi connectivity index (χ4v) is 13.0. The highest BCUT2D eigenvalue weighted by molar-refractivity contribution is 7.47. The molecule has 0 bridgehead atoms. The second kappa shape index (κ2) is 68.6. The molecule has 0 aliphatic rings. The van der Waals surface area contributed by atoms with Gasteiger partial charge in [-0.3, -0.25) is 37.3 Å². The van der Waals surface area contributed by atoms with Crippen molar-refractivity contribution in [1.29, 1.82) is 0 Å². The zero-order valence-corrected chi connectivity index (χ0v) is 62.0. The molecule has 0 heterocycles. The average Bonchev–Trinajstić information content (AvgIpc) is 2.50. The van der Waals surface area contributed by atoms with E-state index in [1.807, 2.05) is 0 Å². The van der Waals surface area contributed by atoms with Gasteiger partial charge in [0.05, 0.1) is 26.4 Å². The molecule has 0 aliphatic heterocycles. The highest BCUT2D eigenvalue weighted by Crippen LogP contribution is 2.45. The molecule has 0 spiro atoms. The van der Waals surface area contributed by atoms with Crippen molar-refractivity contribution >= 4 is 39.5 Å². The Balaban J connectivity index is 5.24. The first-order valence-electron chi connectivity index (χ1n) is 38.8. The van der Waals surface area contributed by atoms with Crippen molar-refractivity contribution in [1.82, 2.24) is 0 Å². The Bertz CT molecular complexity index is 1770. The predicted molar refractivity (Wildman–Crippen MR) is 377 cm³/mol. The summed E-state index contributed by atoms with van der Waals surface area (Å²) in [6.07, 6.45) is 58.0. The third-order valence-corrected chi connectivity index (χ3v) is 19.3. The first-order chi connectivity index (χ1) is 45.2. The van der Waals surface area contributed by atoms with Crippen LogP contribution in [0.4, 0.5) is 0 Å². The first-order valence-corrected chi connectivity index (χ1v) is 41.8. The quantitative estimate of drug-likeness (QED) is 0.0222. The zero-order valence-electron chi connectivity index (χ0n) is 60.2. The Morgan fingerprint density at radius 1 is 0.258 bits per heavy atom. The van der Waals surface area contributed by atoms with Crippen LogP contribution < -0.4 is 0 Å². The van der Waals surface area contributed by atoms with Crippen LogP contribution in [0.5, 0.6) is 0 Å². The van der Waals surface area contributed by atoms with E-state index in [9.17, 15) is 43.2 Å². The minimum absolute atomic E-state index is 0.108. The van der Waals surface area contributed by atoms with E-state index in [0.29, 0.717) is 25.7 Å². The smallest absolute Gasteiger partial charge is 0.462 e. The summed E-state index contributed by atoms with van der Waals surface area (Å²) in [5, 5.41) is 10.6. The number of phosphoric acid groups is 2. The molecule has 0 aliphatic carbocycles. The third-order valence-electron chi connectivity index (χ3n) is 17.4. The lowest BCUT2D eigenvalue weighted by Gasteiger charge is -2.21. The lowest BCUT2D eigenvalue weighted by Crippen LogP contribution is -2.30. The van der Waals surface area contributed by atoms with E-state index < -0.39 is 97.5 Å². The van der Waals surface area contributed by atoms with Crippen LogP contribution in [0.15, 0.2) is 0 Å². The fraction of sp³-hybridized carbons (Fsp3) is 0.946. The van der Waals surface area contributed by atoms with Gasteiger partial charge in [-0.15, -0.1) is 0 Å². The highest BCUT2D eigenvalue weighted by atomic mass is 31.2. The van der Waals surface area contributed by atoms with Gasteiger partial charge in [0.1, 0.15) is 19.3 Å². The van der Waals surface area contributed by atoms with Gasteiger partial charge in [-0.1, -0.05) is 342 Å². The molecule has 0 saturated heterocycles. The molecular weight excluding hydrogens is 1220 g/mol. The summed E-state index contributed by atoms with van der Waals surface area (Å²) in [5.41, 5.74) is 0. The molecule has 93 heavy (non-hydrogen) atoms. The van der Waals surface area contributed by atoms with Crippen molar-refractivity contribution < 1.29 is 80.2 Å². The van der Waals surface area contributed by atoms with E-state index in [2.05, 4.69) is 27.7 Å². The van der Waals surface area contributed by atoms with Gasteiger partial charge in [0.2, 0.25) is 0 Å². The van der Waals surface area contributed by atoms with Crippen LogP contribution in [-0.2, 0) is 65.4 Å². The summed E-state index contributed by atoms with van der Waals surface area (Å²) in [6.45, 7) is 4.98. The molecule has 0 radical (unpaired) electrons. The van der Waals surface area contributed by atoms with Gasteiger partial charge < -0.3 is 33.8 Å². The van der Waals surface area contributed by atoms with Gasteiger partial charge in [0, 0.05) is 25.7 Å². The summed E-state index contributed by atoms with van der Waals surface area (Å²) in [6, 6.07) is 0. The van der Waals surface area contributed by atoms with Gasteiger partial charge >= 0.3 is 39.5 Å². The number of rotatable bonds is 75. The van der Waals surface area contributed by atoms with E-state index in [1.165, 1.54) is 225 Å². The molecule has 2 unspecified atom stereocenters. The van der Waals surface area contributed by atoms with Crippen LogP contribution in [0, 0.1) is 0 Å². The van der Waals surface area contributed by atoms with Crippen LogP contribution in [0.1, 0.15) is 394 Å². The molecule has 0 fully saturated rings. The van der Waals surface area contributed by atoms with Gasteiger partial charge in [-0.05, 0) is 25.7 Å². The molecular formula is C74H144O17P2. The number of hydrogen-bond donors (Lipinski definition) is 3. The predicted octanol–water partition coefficient (Wildman–Crippen LogP) is 21.8. The maximum absolute atomic E-state index is 13.1. The summed E-state index contributed by atoms with van der Waals surface area (Å²) in [4.78, 5) is 72.7. The van der Waals surface area contributed by atoms with Crippen molar-refractivity contribution in [3.05, 3.63) is 0 Å². The van der Waals surface area contributed by atoms with E-state index in [0.717, 1.165) is 89.9 Å². The number of carbonyl (C=O) groups excluding carboxylic acids is 4. The number of esters is 4. The average molecular weight is 1370 g/mol. The van der Waals surface area contributed by atoms with E-state index in [1.54, 1.807) is 0 Å². The Kier molecular flexibility index (Phi) is 67.1. The highest BCUT2D eigenvalue weighted by Gasteiger charge is 2.30. The van der Waals surface area contributed by atoms with Crippen LogP contribution in [0.25, 0.3) is 0 Å². The van der Waals surface area contributed by atoms with Gasteiger partial charge in [-0.25, -0.2) is 9.13 Å². The van der Waals surface area contributed by atoms with Crippen molar-refractivity contribution in [2.45, 2.75) is 412 Å². The van der Waals surface area contributed by atoms with Gasteiger partial charge in [-0.2, -0.15) is 0 Å². The number of hydrogen-bond acceptors (Lipinski definition) is 15. The molecule has 0 aromatic rings. The maximum Gasteiger partial charge on any atom is 0.472 e. The third kappa shape index (κ3) is 68.4. The lowest BCUT2D eigenvalue weighted by molar-refractivity contribution is -0.161. The molecule has 0 aromatic carbocycles. The van der Waals surface area contributed by atoms with E-state index >= 15 is 0 Å². The first kappa shape index (κ1) is 91.1. The fourth-order valence-electron chi connectivity index (χ4n) is 11.4. The monoisotopic (exact) mass is 1370 g/mol. The number of aliphatic hydroxyl groups is 1. The molecule has 0 saturated carbocycles. The second-order valence-electron chi connectivity index (χ2n) is 26.7. The summed E-state index contributed by atoms with van der Waals surface area (Å²) in [5.74, 6) is -2.11. The Morgan fingerprint density at radius 3 is 0.634 bits per heavy atom. The zero-order chi connectivity index (χ0) is 68.2. The number of ether oxygens (including phenoxy) is 4. The van der Waals surface area contributed by atoms with Gasteiger partial charge in [0.15, 0.2) is 12.2 Å². The van der Waals surface area contributed by atoms with Crippen LogP contribution in [0.3, 0.4) is 0 Å². The van der Waals surface area contributed by atoms with E-state index in [-0.39, 0.29) is 25.7 Å². The van der Waals surface area contributed by atoms with Crippen molar-refractivity contribution in [2.75, 3.05) is 39.6 Å². The van der Waals surface area contributed by atoms with Crippen LogP contribution >= 0.6 is 15.6 Å². The lowest BCUT2D eigenvalue weighted by atomic mass is 10.0. The molecule has 5 atom stereocenters. The molecule has 19 heteroatoms. The molecule has 0 amide bonds. The Morgan fingerprint density at radius 2 is 0.430 bits per heavy atom. The van der Waals surface area contributed by atoms with Gasteiger partial charge in [0.25, 0.3) is 0 Å². The SMILES string of the molecule is CCCCCCCCCCCCCCCCCCC(=O)O[C@H](COC(=O)CCCCCCCCCCCCCCCCC)COP(=O)(O)OC[C@@H](O)COP(=O)(O)OC[C@@H](COC(=O)CCCCCCCCCCCCC)OC(=O)CCCCCCCCCCCCC. The largest absolute Gasteiger partial charge is 0.472 e. The van der Waals surface area contributed by atoms with Crippen molar-refractivity contribution in [3.63, 3.8) is 0 Å². The topological polar surface area (TPSA) is 237 Å². The summed E-state index contributed by atoms with van der Waals surface area (Å²) < 4.78 is 68.5. The molecule has 17 nitrogen and oxygen atoms in total. The molecule has 3 N–H and O–H groups in total. The van der Waals surface area contributed by atoms with E-state index in [4.69, 9.17) is 37.0 Å². The summed E-state index contributed by atoms with van der Waals surface area (Å²) in [7, 11) is -9.90. The van der Waals surface area contributed by atoms with Crippen molar-refractivity contribution in [2.24, 2.45) is 0 Å². The number of aliphatic hydroxyl groups excluding tert-OH is 1. The number of unbranched alkanes of at least 4 members (excludes halogenated alkanes) is 49. The van der Waals surface area contributed by atoms with Crippen LogP contribution in [0.2, 0.25) is 0 Å².